The van der Waals surface area contributed by atoms with Crippen molar-refractivity contribution in [3.05, 3.63) is 35.6 Å². The van der Waals surface area contributed by atoms with Crippen molar-refractivity contribution in [2.45, 2.75) is 19.3 Å². The van der Waals surface area contributed by atoms with Crippen molar-refractivity contribution in [1.29, 1.82) is 0 Å². The van der Waals surface area contributed by atoms with Crippen LogP contribution in [0, 0.1) is 0 Å². The van der Waals surface area contributed by atoms with E-state index in [0.29, 0.717) is 29.9 Å². The average Bonchev–Trinajstić information content (AvgIpc) is 2.85. The van der Waals surface area contributed by atoms with Crippen LogP contribution in [0.4, 0.5) is 0 Å². The minimum absolute atomic E-state index is 0.592. The molecule has 0 aromatic carbocycles. The molecule has 0 amide bonds. The van der Waals surface area contributed by atoms with E-state index >= 15 is 0 Å². The van der Waals surface area contributed by atoms with Crippen LogP contribution >= 0.6 is 11.6 Å². The second-order valence-electron chi connectivity index (χ2n) is 3.78. The first kappa shape index (κ1) is 12.8. The smallest absolute Gasteiger partial charge is 0.226 e. The van der Waals surface area contributed by atoms with Gasteiger partial charge in [-0.3, -0.25) is 0 Å². The summed E-state index contributed by atoms with van der Waals surface area (Å²) >= 11 is 5.61. The molecule has 0 unspecified atom stereocenters. The average molecular weight is 268 g/mol. The number of alkyl halides is 1. The molecule has 2 rings (SSSR count). The second-order valence-corrected chi connectivity index (χ2v) is 4.16. The Labute approximate surface area is 110 Å². The molecule has 0 saturated carbocycles. The van der Waals surface area contributed by atoms with E-state index in [-0.39, 0.29) is 0 Å². The highest BCUT2D eigenvalue weighted by atomic mass is 35.5. The number of hydrogen-bond acceptors (Lipinski definition) is 5. The van der Waals surface area contributed by atoms with E-state index in [1.54, 1.807) is 13.3 Å². The summed E-state index contributed by atoms with van der Waals surface area (Å²) in [5.41, 5.74) is 1.01. The minimum atomic E-state index is 0.592. The number of aryl methyl sites for hydroxylation is 1. The molecule has 2 aromatic heterocycles. The summed E-state index contributed by atoms with van der Waals surface area (Å²) < 4.78 is 10.1. The molecule has 0 aliphatic rings. The Morgan fingerprint density at radius 3 is 2.94 bits per heavy atom. The number of methoxy groups -OCH3 is 1. The van der Waals surface area contributed by atoms with E-state index in [1.165, 1.54) is 0 Å². The summed E-state index contributed by atoms with van der Waals surface area (Å²) in [5.74, 6) is 2.48. The molecule has 18 heavy (non-hydrogen) atoms. The second kappa shape index (κ2) is 6.35. The van der Waals surface area contributed by atoms with Gasteiger partial charge in [-0.1, -0.05) is 11.2 Å². The zero-order valence-electron chi connectivity index (χ0n) is 10.1. The number of pyridine rings is 1. The third-order valence-electron chi connectivity index (χ3n) is 2.40. The minimum Gasteiger partial charge on any atom is -0.481 e. The molecule has 0 bridgehead atoms. The van der Waals surface area contributed by atoms with Crippen molar-refractivity contribution in [3.8, 4) is 5.88 Å². The summed E-state index contributed by atoms with van der Waals surface area (Å²) in [4.78, 5) is 8.41. The van der Waals surface area contributed by atoms with E-state index in [9.17, 15) is 0 Å². The van der Waals surface area contributed by atoms with Gasteiger partial charge in [0.25, 0.3) is 0 Å². The molecule has 96 valence electrons. The van der Waals surface area contributed by atoms with Crippen LogP contribution in [0.1, 0.15) is 23.7 Å². The molecule has 0 spiro atoms. The third-order valence-corrected chi connectivity index (χ3v) is 2.67. The van der Waals surface area contributed by atoms with Crippen molar-refractivity contribution in [2.24, 2.45) is 0 Å². The molecule has 0 aliphatic heterocycles. The highest BCUT2D eigenvalue weighted by Gasteiger charge is 2.07. The fourth-order valence-corrected chi connectivity index (χ4v) is 1.63. The molecule has 2 aromatic rings. The summed E-state index contributed by atoms with van der Waals surface area (Å²) in [7, 11) is 1.59. The van der Waals surface area contributed by atoms with Crippen LogP contribution in [0.3, 0.4) is 0 Å². The number of nitrogens with zero attached hydrogens (tertiary/aromatic N) is 3. The highest BCUT2D eigenvalue weighted by Crippen LogP contribution is 2.10. The predicted molar refractivity (Wildman–Crippen MR) is 66.9 cm³/mol. The first-order chi connectivity index (χ1) is 8.81. The van der Waals surface area contributed by atoms with E-state index in [0.717, 1.165) is 18.4 Å². The summed E-state index contributed by atoms with van der Waals surface area (Å²) in [6, 6.07) is 3.74. The number of halogens is 1. The van der Waals surface area contributed by atoms with Gasteiger partial charge in [0, 0.05) is 31.0 Å². The summed E-state index contributed by atoms with van der Waals surface area (Å²) in [6.07, 6.45) is 3.90. The molecule has 0 atom stereocenters. The van der Waals surface area contributed by atoms with E-state index in [2.05, 4.69) is 15.1 Å². The molecule has 0 fully saturated rings. The predicted octanol–water partition coefficient (Wildman–Crippen LogP) is 2.24. The Hall–Kier alpha value is -1.62. The SMILES string of the molecule is COc1ccc(Cc2noc(CCCCl)n2)cn1. The Bertz CT molecular complexity index is 484. The fraction of sp³-hybridized carbons (Fsp3) is 0.417. The van der Waals surface area contributed by atoms with Gasteiger partial charge in [-0.25, -0.2) is 4.98 Å². The van der Waals surface area contributed by atoms with Crippen LogP contribution in [0.25, 0.3) is 0 Å². The molecule has 0 saturated heterocycles. The van der Waals surface area contributed by atoms with Crippen LogP contribution in [0.5, 0.6) is 5.88 Å². The maximum atomic E-state index is 5.61. The lowest BCUT2D eigenvalue weighted by Crippen LogP contribution is -1.94. The maximum Gasteiger partial charge on any atom is 0.226 e. The van der Waals surface area contributed by atoms with Gasteiger partial charge in [0.15, 0.2) is 5.82 Å². The lowest BCUT2D eigenvalue weighted by atomic mass is 10.2. The first-order valence-corrected chi connectivity index (χ1v) is 6.21. The monoisotopic (exact) mass is 267 g/mol. The summed E-state index contributed by atoms with van der Waals surface area (Å²) in [5, 5.41) is 3.92. The topological polar surface area (TPSA) is 61.0 Å². The Kier molecular flexibility index (Phi) is 4.52. The summed E-state index contributed by atoms with van der Waals surface area (Å²) in [6.45, 7) is 0. The lowest BCUT2D eigenvalue weighted by molar-refractivity contribution is 0.373. The van der Waals surface area contributed by atoms with Gasteiger partial charge in [-0.2, -0.15) is 4.98 Å². The van der Waals surface area contributed by atoms with Crippen molar-refractivity contribution in [1.82, 2.24) is 15.1 Å². The molecule has 0 N–H and O–H groups in total. The Balaban J connectivity index is 1.97. The van der Waals surface area contributed by atoms with Crippen molar-refractivity contribution in [3.63, 3.8) is 0 Å². The molecular weight excluding hydrogens is 254 g/mol. The van der Waals surface area contributed by atoms with Gasteiger partial charge < -0.3 is 9.26 Å². The Morgan fingerprint density at radius 2 is 2.28 bits per heavy atom. The number of ether oxygens (including phenoxy) is 1. The van der Waals surface area contributed by atoms with Gasteiger partial charge in [0.2, 0.25) is 11.8 Å². The van der Waals surface area contributed by atoms with Crippen molar-refractivity contribution >= 4 is 11.6 Å². The van der Waals surface area contributed by atoms with Crippen molar-refractivity contribution in [2.75, 3.05) is 13.0 Å². The number of aromatic nitrogens is 3. The fourth-order valence-electron chi connectivity index (χ4n) is 1.50. The maximum absolute atomic E-state index is 5.61. The number of rotatable bonds is 6. The standard InChI is InChI=1S/C12H14ClN3O2/c1-17-11-5-4-9(8-14-11)7-10-15-12(18-16-10)3-2-6-13/h4-5,8H,2-3,6-7H2,1H3. The largest absolute Gasteiger partial charge is 0.481 e. The van der Waals surface area contributed by atoms with Gasteiger partial charge in [-0.05, 0) is 12.0 Å². The molecule has 5 nitrogen and oxygen atoms in total. The quantitative estimate of drug-likeness (QED) is 0.751. The van der Waals surface area contributed by atoms with E-state index < -0.39 is 0 Å². The zero-order chi connectivity index (χ0) is 12.8. The van der Waals surface area contributed by atoms with E-state index in [4.69, 9.17) is 20.9 Å². The van der Waals surface area contributed by atoms with Gasteiger partial charge >= 0.3 is 0 Å². The van der Waals surface area contributed by atoms with Crippen LogP contribution in [0.2, 0.25) is 0 Å². The van der Waals surface area contributed by atoms with Crippen LogP contribution < -0.4 is 4.74 Å². The van der Waals surface area contributed by atoms with Crippen LogP contribution in [-0.4, -0.2) is 28.1 Å². The molecule has 0 radical (unpaired) electrons. The molecule has 2 heterocycles. The molecular formula is C12H14ClN3O2. The van der Waals surface area contributed by atoms with Gasteiger partial charge in [-0.15, -0.1) is 11.6 Å². The molecule has 0 aliphatic carbocycles. The van der Waals surface area contributed by atoms with Gasteiger partial charge in [0.1, 0.15) is 0 Å². The van der Waals surface area contributed by atoms with Crippen LogP contribution in [0.15, 0.2) is 22.9 Å². The number of hydrogen-bond donors (Lipinski definition) is 0. The Morgan fingerprint density at radius 1 is 1.39 bits per heavy atom. The van der Waals surface area contributed by atoms with E-state index in [1.807, 2.05) is 12.1 Å². The van der Waals surface area contributed by atoms with Crippen molar-refractivity contribution < 1.29 is 9.26 Å². The zero-order valence-corrected chi connectivity index (χ0v) is 10.9. The third kappa shape index (κ3) is 3.43. The van der Waals surface area contributed by atoms with Crippen LogP contribution in [-0.2, 0) is 12.8 Å². The van der Waals surface area contributed by atoms with Gasteiger partial charge in [0.05, 0.1) is 7.11 Å². The lowest BCUT2D eigenvalue weighted by Gasteiger charge is -1.99. The molecule has 6 heteroatoms. The first-order valence-electron chi connectivity index (χ1n) is 5.68. The normalized spacial score (nSPS) is 10.6. The highest BCUT2D eigenvalue weighted by molar-refractivity contribution is 6.17.